The van der Waals surface area contributed by atoms with E-state index in [0.717, 1.165) is 16.6 Å². The summed E-state index contributed by atoms with van der Waals surface area (Å²) in [6, 6.07) is 13.3. The van der Waals surface area contributed by atoms with Crippen LogP contribution >= 0.6 is 15.9 Å². The van der Waals surface area contributed by atoms with Crippen LogP contribution in [0.25, 0.3) is 0 Å². The van der Waals surface area contributed by atoms with Gasteiger partial charge in [0.05, 0.1) is 11.2 Å². The molecule has 2 aromatic rings. The number of carbonyl (C=O) groups is 1. The number of nitrogens with zero attached hydrogens (tertiary/aromatic N) is 1. The molecule has 0 saturated carbocycles. The highest BCUT2D eigenvalue weighted by Gasteiger charge is 2.24. The molecule has 1 aromatic carbocycles. The summed E-state index contributed by atoms with van der Waals surface area (Å²) in [5, 5.41) is 3.76. The molecule has 1 aromatic heterocycles. The summed E-state index contributed by atoms with van der Waals surface area (Å²) in [4.78, 5) is 16.7. The molecule has 0 aliphatic heterocycles. The number of pyridine rings is 1. The van der Waals surface area contributed by atoms with Gasteiger partial charge in [-0.05, 0) is 43.7 Å². The highest BCUT2D eigenvalue weighted by atomic mass is 79.9. The lowest BCUT2D eigenvalue weighted by molar-refractivity contribution is 0.0910. The number of amides is 1. The molecule has 2 rings (SSSR count). The largest absolute Gasteiger partial charge is 0.342 e. The third-order valence-corrected chi connectivity index (χ3v) is 3.72. The van der Waals surface area contributed by atoms with Crippen LogP contribution in [-0.4, -0.2) is 10.9 Å². The fraction of sp³-hybridized carbons (Fsp3) is 0.250. The maximum absolute atomic E-state index is 12.3. The Morgan fingerprint density at radius 2 is 2.05 bits per heavy atom. The Bertz CT molecular complexity index is 596. The number of nitrogens with one attached hydrogen (secondary N) is 1. The van der Waals surface area contributed by atoms with E-state index in [4.69, 9.17) is 0 Å². The first kappa shape index (κ1) is 14.7. The SMILES string of the molecule is CC(C)(NC(=O)c1cccc(CBr)c1)c1ccccn1. The van der Waals surface area contributed by atoms with Gasteiger partial charge in [-0.15, -0.1) is 0 Å². The average molecular weight is 333 g/mol. The number of hydrogen-bond acceptors (Lipinski definition) is 2. The topological polar surface area (TPSA) is 42.0 Å². The van der Waals surface area contributed by atoms with Crippen molar-refractivity contribution < 1.29 is 4.79 Å². The van der Waals surface area contributed by atoms with E-state index < -0.39 is 5.54 Å². The normalized spacial score (nSPS) is 11.2. The average Bonchev–Trinajstić information content (AvgIpc) is 2.48. The molecule has 0 spiro atoms. The summed E-state index contributed by atoms with van der Waals surface area (Å²) in [5.41, 5.74) is 2.06. The fourth-order valence-corrected chi connectivity index (χ4v) is 2.30. The molecule has 3 nitrogen and oxygen atoms in total. The van der Waals surface area contributed by atoms with Crippen LogP contribution in [-0.2, 0) is 10.9 Å². The standard InChI is InChI=1S/C16H17BrN2O/c1-16(2,14-8-3-4-9-18-14)19-15(20)13-7-5-6-12(10-13)11-17/h3-10H,11H2,1-2H3,(H,19,20). The number of halogens is 1. The van der Waals surface area contributed by atoms with Gasteiger partial charge in [-0.3, -0.25) is 9.78 Å². The second kappa shape index (κ2) is 6.18. The molecule has 1 amide bonds. The molecule has 0 bridgehead atoms. The lowest BCUT2D eigenvalue weighted by Gasteiger charge is -2.25. The lowest BCUT2D eigenvalue weighted by atomic mass is 9.99. The van der Waals surface area contributed by atoms with Gasteiger partial charge in [0.25, 0.3) is 5.91 Å². The second-order valence-electron chi connectivity index (χ2n) is 5.13. The van der Waals surface area contributed by atoms with Gasteiger partial charge in [0.15, 0.2) is 0 Å². The van der Waals surface area contributed by atoms with E-state index in [2.05, 4.69) is 26.2 Å². The zero-order chi connectivity index (χ0) is 14.6. The predicted molar refractivity (Wildman–Crippen MR) is 83.8 cm³/mol. The predicted octanol–water partition coefficient (Wildman–Crippen LogP) is 3.64. The zero-order valence-electron chi connectivity index (χ0n) is 11.6. The monoisotopic (exact) mass is 332 g/mol. The summed E-state index contributed by atoms with van der Waals surface area (Å²) >= 11 is 3.40. The van der Waals surface area contributed by atoms with Crippen LogP contribution in [0.15, 0.2) is 48.7 Å². The first-order chi connectivity index (χ1) is 9.53. The summed E-state index contributed by atoms with van der Waals surface area (Å²) in [6.07, 6.45) is 1.73. The van der Waals surface area contributed by atoms with Crippen molar-refractivity contribution >= 4 is 21.8 Å². The summed E-state index contributed by atoms with van der Waals surface area (Å²) in [7, 11) is 0. The smallest absolute Gasteiger partial charge is 0.252 e. The van der Waals surface area contributed by atoms with Crippen LogP contribution in [0.4, 0.5) is 0 Å². The van der Waals surface area contributed by atoms with E-state index in [0.29, 0.717) is 5.56 Å². The van der Waals surface area contributed by atoms with Gasteiger partial charge in [-0.2, -0.15) is 0 Å². The molecule has 104 valence electrons. The summed E-state index contributed by atoms with van der Waals surface area (Å²) in [6.45, 7) is 3.89. The maximum atomic E-state index is 12.3. The minimum atomic E-state index is -0.511. The van der Waals surface area contributed by atoms with E-state index in [1.807, 2.05) is 56.3 Å². The number of carbonyl (C=O) groups excluding carboxylic acids is 1. The Morgan fingerprint density at radius 1 is 1.25 bits per heavy atom. The molecular formula is C16H17BrN2O. The first-order valence-corrected chi connectivity index (χ1v) is 7.54. The molecule has 20 heavy (non-hydrogen) atoms. The summed E-state index contributed by atoms with van der Waals surface area (Å²) in [5.74, 6) is -0.0940. The Hall–Kier alpha value is -1.68. The van der Waals surface area contributed by atoms with Crippen LogP contribution in [0.2, 0.25) is 0 Å². The van der Waals surface area contributed by atoms with Gasteiger partial charge in [-0.25, -0.2) is 0 Å². The molecule has 1 heterocycles. The molecule has 0 unspecified atom stereocenters. The van der Waals surface area contributed by atoms with Crippen molar-refractivity contribution in [1.82, 2.24) is 10.3 Å². The van der Waals surface area contributed by atoms with Crippen molar-refractivity contribution in [1.29, 1.82) is 0 Å². The van der Waals surface area contributed by atoms with Crippen LogP contribution in [0.1, 0.15) is 35.5 Å². The minimum absolute atomic E-state index is 0.0940. The van der Waals surface area contributed by atoms with E-state index in [1.165, 1.54) is 0 Å². The fourth-order valence-electron chi connectivity index (χ4n) is 1.95. The van der Waals surface area contributed by atoms with Gasteiger partial charge in [0.1, 0.15) is 0 Å². The number of benzene rings is 1. The number of aromatic nitrogens is 1. The van der Waals surface area contributed by atoms with Crippen LogP contribution < -0.4 is 5.32 Å². The lowest BCUT2D eigenvalue weighted by Crippen LogP contribution is -2.41. The molecule has 0 fully saturated rings. The van der Waals surface area contributed by atoms with Gasteiger partial charge in [0.2, 0.25) is 0 Å². The van der Waals surface area contributed by atoms with Crippen molar-refractivity contribution in [3.63, 3.8) is 0 Å². The Morgan fingerprint density at radius 3 is 2.70 bits per heavy atom. The molecule has 0 aliphatic carbocycles. The van der Waals surface area contributed by atoms with E-state index in [-0.39, 0.29) is 5.91 Å². The molecule has 0 radical (unpaired) electrons. The first-order valence-electron chi connectivity index (χ1n) is 6.42. The number of alkyl halides is 1. The minimum Gasteiger partial charge on any atom is -0.342 e. The van der Waals surface area contributed by atoms with Gasteiger partial charge in [-0.1, -0.05) is 34.1 Å². The van der Waals surface area contributed by atoms with Crippen LogP contribution in [0.3, 0.4) is 0 Å². The maximum Gasteiger partial charge on any atom is 0.252 e. The Kier molecular flexibility index (Phi) is 4.55. The molecular weight excluding hydrogens is 316 g/mol. The van der Waals surface area contributed by atoms with Crippen molar-refractivity contribution in [2.45, 2.75) is 24.7 Å². The van der Waals surface area contributed by atoms with E-state index in [1.54, 1.807) is 6.20 Å². The third-order valence-electron chi connectivity index (χ3n) is 3.07. The molecule has 4 heteroatoms. The number of rotatable bonds is 4. The molecule has 0 aliphatic rings. The highest BCUT2D eigenvalue weighted by Crippen LogP contribution is 2.18. The van der Waals surface area contributed by atoms with Crippen molar-refractivity contribution in [2.75, 3.05) is 0 Å². The van der Waals surface area contributed by atoms with Crippen LogP contribution in [0.5, 0.6) is 0 Å². The molecule has 0 saturated heterocycles. The Balaban J connectivity index is 2.18. The van der Waals surface area contributed by atoms with Gasteiger partial charge in [0, 0.05) is 17.1 Å². The van der Waals surface area contributed by atoms with Crippen LogP contribution in [0, 0.1) is 0 Å². The van der Waals surface area contributed by atoms with Crippen molar-refractivity contribution in [2.24, 2.45) is 0 Å². The van der Waals surface area contributed by atoms with E-state index >= 15 is 0 Å². The van der Waals surface area contributed by atoms with E-state index in [9.17, 15) is 4.79 Å². The van der Waals surface area contributed by atoms with Gasteiger partial charge >= 0.3 is 0 Å². The quantitative estimate of drug-likeness (QED) is 0.868. The van der Waals surface area contributed by atoms with Crippen molar-refractivity contribution in [3.8, 4) is 0 Å². The molecule has 0 atom stereocenters. The highest BCUT2D eigenvalue weighted by molar-refractivity contribution is 9.08. The number of hydrogen-bond donors (Lipinski definition) is 1. The third kappa shape index (κ3) is 3.45. The second-order valence-corrected chi connectivity index (χ2v) is 5.69. The van der Waals surface area contributed by atoms with Gasteiger partial charge < -0.3 is 5.32 Å². The Labute approximate surface area is 127 Å². The van der Waals surface area contributed by atoms with Crippen molar-refractivity contribution in [3.05, 3.63) is 65.5 Å². The molecule has 1 N–H and O–H groups in total. The summed E-state index contributed by atoms with van der Waals surface area (Å²) < 4.78 is 0. The zero-order valence-corrected chi connectivity index (χ0v) is 13.1.